The number of carbonyl (C=O) groups is 1. The number of anilines is 1. The van der Waals surface area contributed by atoms with Crippen molar-refractivity contribution in [2.75, 3.05) is 45.4 Å². The summed E-state index contributed by atoms with van der Waals surface area (Å²) in [4.78, 5) is 14.9. The standard InChI is InChI=1S/C19H21NO4/c1-22-17-8-5-15(13-18(17)23-2)19(21)14-3-6-16(7-4-14)20-9-11-24-12-10-20/h3-8,13H,9-12H2,1-2H3. The van der Waals surface area contributed by atoms with Gasteiger partial charge in [-0.2, -0.15) is 0 Å². The van der Waals surface area contributed by atoms with Crippen molar-refractivity contribution < 1.29 is 19.0 Å². The molecule has 0 aliphatic carbocycles. The Morgan fingerprint density at radius 1 is 0.917 bits per heavy atom. The number of hydrogen-bond acceptors (Lipinski definition) is 5. The van der Waals surface area contributed by atoms with Gasteiger partial charge in [0, 0.05) is 29.9 Å². The number of nitrogens with zero attached hydrogens (tertiary/aromatic N) is 1. The Hall–Kier alpha value is -2.53. The van der Waals surface area contributed by atoms with Gasteiger partial charge < -0.3 is 19.1 Å². The molecule has 5 nitrogen and oxygen atoms in total. The Morgan fingerprint density at radius 3 is 2.17 bits per heavy atom. The van der Waals surface area contributed by atoms with Gasteiger partial charge in [0.05, 0.1) is 27.4 Å². The van der Waals surface area contributed by atoms with Crippen LogP contribution in [-0.2, 0) is 4.74 Å². The predicted octanol–water partition coefficient (Wildman–Crippen LogP) is 2.77. The van der Waals surface area contributed by atoms with Gasteiger partial charge in [-0.1, -0.05) is 0 Å². The first-order chi connectivity index (χ1) is 11.7. The maximum atomic E-state index is 12.7. The predicted molar refractivity (Wildman–Crippen MR) is 92.5 cm³/mol. The van der Waals surface area contributed by atoms with E-state index in [1.807, 2.05) is 24.3 Å². The molecule has 0 amide bonds. The topological polar surface area (TPSA) is 48.0 Å². The molecule has 1 saturated heterocycles. The average molecular weight is 327 g/mol. The van der Waals surface area contributed by atoms with E-state index >= 15 is 0 Å². The zero-order valence-electron chi connectivity index (χ0n) is 14.0. The maximum absolute atomic E-state index is 12.7. The van der Waals surface area contributed by atoms with E-state index in [4.69, 9.17) is 14.2 Å². The van der Waals surface area contributed by atoms with E-state index in [0.29, 0.717) is 22.6 Å². The van der Waals surface area contributed by atoms with Crippen molar-refractivity contribution in [1.29, 1.82) is 0 Å². The van der Waals surface area contributed by atoms with Crippen molar-refractivity contribution in [3.8, 4) is 11.5 Å². The Balaban J connectivity index is 1.79. The Kier molecular flexibility index (Phi) is 5.01. The van der Waals surface area contributed by atoms with Crippen LogP contribution in [0.5, 0.6) is 11.5 Å². The highest BCUT2D eigenvalue weighted by atomic mass is 16.5. The van der Waals surface area contributed by atoms with Crippen LogP contribution in [0.2, 0.25) is 0 Å². The summed E-state index contributed by atoms with van der Waals surface area (Å²) in [5, 5.41) is 0. The lowest BCUT2D eigenvalue weighted by Gasteiger charge is -2.28. The molecule has 0 spiro atoms. The van der Waals surface area contributed by atoms with Crippen molar-refractivity contribution >= 4 is 11.5 Å². The van der Waals surface area contributed by atoms with Crippen molar-refractivity contribution in [3.05, 3.63) is 53.6 Å². The summed E-state index contributed by atoms with van der Waals surface area (Å²) in [6, 6.07) is 12.9. The van der Waals surface area contributed by atoms with Crippen LogP contribution >= 0.6 is 0 Å². The van der Waals surface area contributed by atoms with Crippen molar-refractivity contribution in [2.24, 2.45) is 0 Å². The molecule has 0 unspecified atom stereocenters. The van der Waals surface area contributed by atoms with Gasteiger partial charge in [0.25, 0.3) is 0 Å². The van der Waals surface area contributed by atoms with Crippen molar-refractivity contribution in [2.45, 2.75) is 0 Å². The summed E-state index contributed by atoms with van der Waals surface area (Å²) in [5.74, 6) is 1.12. The molecule has 0 N–H and O–H groups in total. The number of benzene rings is 2. The van der Waals surface area contributed by atoms with Crippen LogP contribution in [0.3, 0.4) is 0 Å². The van der Waals surface area contributed by atoms with Crippen LogP contribution in [0, 0.1) is 0 Å². The van der Waals surface area contributed by atoms with Gasteiger partial charge in [-0.25, -0.2) is 0 Å². The summed E-state index contributed by atoms with van der Waals surface area (Å²) >= 11 is 0. The zero-order valence-corrected chi connectivity index (χ0v) is 14.0. The molecule has 1 aliphatic rings. The fourth-order valence-electron chi connectivity index (χ4n) is 2.79. The molecule has 3 rings (SSSR count). The first-order valence-corrected chi connectivity index (χ1v) is 7.92. The van der Waals surface area contributed by atoms with Crippen LogP contribution in [0.25, 0.3) is 0 Å². The van der Waals surface area contributed by atoms with Gasteiger partial charge in [-0.3, -0.25) is 4.79 Å². The Labute approximate surface area is 141 Å². The molecule has 0 aromatic heterocycles. The van der Waals surface area contributed by atoms with E-state index in [2.05, 4.69) is 4.90 Å². The molecule has 126 valence electrons. The monoisotopic (exact) mass is 327 g/mol. The lowest BCUT2D eigenvalue weighted by Crippen LogP contribution is -2.36. The molecule has 1 aliphatic heterocycles. The smallest absolute Gasteiger partial charge is 0.193 e. The van der Waals surface area contributed by atoms with Gasteiger partial charge in [-0.15, -0.1) is 0 Å². The molecule has 24 heavy (non-hydrogen) atoms. The molecular formula is C19H21NO4. The molecule has 0 atom stereocenters. The summed E-state index contributed by atoms with van der Waals surface area (Å²) < 4.78 is 15.8. The first kappa shape index (κ1) is 16.3. The number of ether oxygens (including phenoxy) is 3. The molecule has 5 heteroatoms. The van der Waals surface area contributed by atoms with Gasteiger partial charge in [0.1, 0.15) is 0 Å². The van der Waals surface area contributed by atoms with E-state index in [9.17, 15) is 4.79 Å². The van der Waals surface area contributed by atoms with E-state index in [0.717, 1.165) is 32.0 Å². The number of hydrogen-bond donors (Lipinski definition) is 0. The zero-order chi connectivity index (χ0) is 16.9. The van der Waals surface area contributed by atoms with E-state index in [1.54, 1.807) is 32.4 Å². The SMILES string of the molecule is COc1ccc(C(=O)c2ccc(N3CCOCC3)cc2)cc1OC. The third-order valence-electron chi connectivity index (χ3n) is 4.15. The van der Waals surface area contributed by atoms with Crippen LogP contribution < -0.4 is 14.4 Å². The number of carbonyl (C=O) groups excluding carboxylic acids is 1. The van der Waals surface area contributed by atoms with Crippen molar-refractivity contribution in [1.82, 2.24) is 0 Å². The van der Waals surface area contributed by atoms with Crippen LogP contribution in [0.4, 0.5) is 5.69 Å². The lowest BCUT2D eigenvalue weighted by atomic mass is 10.0. The minimum atomic E-state index is -0.0375. The molecule has 2 aromatic carbocycles. The summed E-state index contributed by atoms with van der Waals surface area (Å²) in [6.45, 7) is 3.24. The third-order valence-corrected chi connectivity index (χ3v) is 4.15. The normalized spacial score (nSPS) is 14.3. The first-order valence-electron chi connectivity index (χ1n) is 7.92. The van der Waals surface area contributed by atoms with E-state index in [-0.39, 0.29) is 5.78 Å². The number of methoxy groups -OCH3 is 2. The van der Waals surface area contributed by atoms with E-state index < -0.39 is 0 Å². The highest BCUT2D eigenvalue weighted by molar-refractivity contribution is 6.09. The average Bonchev–Trinajstić information content (AvgIpc) is 2.67. The fourth-order valence-corrected chi connectivity index (χ4v) is 2.79. The van der Waals surface area contributed by atoms with E-state index in [1.165, 1.54) is 0 Å². The Morgan fingerprint density at radius 2 is 1.54 bits per heavy atom. The summed E-state index contributed by atoms with van der Waals surface area (Å²) in [6.07, 6.45) is 0. The molecule has 0 radical (unpaired) electrons. The minimum absolute atomic E-state index is 0.0375. The number of morpholine rings is 1. The highest BCUT2D eigenvalue weighted by Crippen LogP contribution is 2.28. The van der Waals surface area contributed by atoms with Gasteiger partial charge >= 0.3 is 0 Å². The molecule has 2 aromatic rings. The molecular weight excluding hydrogens is 306 g/mol. The second kappa shape index (κ2) is 7.36. The summed E-state index contributed by atoms with van der Waals surface area (Å²) in [5.41, 5.74) is 2.34. The maximum Gasteiger partial charge on any atom is 0.193 e. The minimum Gasteiger partial charge on any atom is -0.493 e. The van der Waals surface area contributed by atoms with Gasteiger partial charge in [-0.05, 0) is 42.5 Å². The van der Waals surface area contributed by atoms with Crippen molar-refractivity contribution in [3.63, 3.8) is 0 Å². The van der Waals surface area contributed by atoms with Gasteiger partial charge in [0.2, 0.25) is 0 Å². The largest absolute Gasteiger partial charge is 0.493 e. The van der Waals surface area contributed by atoms with Gasteiger partial charge in [0.15, 0.2) is 17.3 Å². The third kappa shape index (κ3) is 3.36. The van der Waals surface area contributed by atoms with Crippen LogP contribution in [-0.4, -0.2) is 46.3 Å². The fraction of sp³-hybridized carbons (Fsp3) is 0.316. The lowest BCUT2D eigenvalue weighted by molar-refractivity contribution is 0.103. The number of rotatable bonds is 5. The summed E-state index contributed by atoms with van der Waals surface area (Å²) in [7, 11) is 3.13. The van der Waals surface area contributed by atoms with Crippen LogP contribution in [0.1, 0.15) is 15.9 Å². The molecule has 0 saturated carbocycles. The highest BCUT2D eigenvalue weighted by Gasteiger charge is 2.15. The molecule has 1 fully saturated rings. The molecule has 1 heterocycles. The second-order valence-corrected chi connectivity index (χ2v) is 5.55. The van der Waals surface area contributed by atoms with Crippen LogP contribution in [0.15, 0.2) is 42.5 Å². The second-order valence-electron chi connectivity index (χ2n) is 5.55. The molecule has 0 bridgehead atoms. The number of ketones is 1. The quantitative estimate of drug-likeness (QED) is 0.790. The Bertz CT molecular complexity index is 706.